The molecule has 4 aliphatic rings. The van der Waals surface area contributed by atoms with Gasteiger partial charge in [0.25, 0.3) is 0 Å². The molecular formula is C24H37ClN4O. The van der Waals surface area contributed by atoms with Gasteiger partial charge in [-0.05, 0) is 95.8 Å². The summed E-state index contributed by atoms with van der Waals surface area (Å²) in [4.78, 5) is 20.6. The normalized spacial score (nSPS) is 29.1. The molecule has 1 spiro atoms. The molecule has 0 radical (unpaired) electrons. The Balaban J connectivity index is 0.00000218. The van der Waals surface area contributed by atoms with Crippen molar-refractivity contribution in [2.24, 2.45) is 5.41 Å². The highest BCUT2D eigenvalue weighted by atomic mass is 35.5. The van der Waals surface area contributed by atoms with E-state index in [1.807, 2.05) is 0 Å². The number of rotatable bonds is 3. The molecular weight excluding hydrogens is 396 g/mol. The van der Waals surface area contributed by atoms with Crippen LogP contribution in [0.4, 0.5) is 11.4 Å². The van der Waals surface area contributed by atoms with Crippen LogP contribution in [0.5, 0.6) is 0 Å². The van der Waals surface area contributed by atoms with Crippen molar-refractivity contribution in [1.82, 2.24) is 10.2 Å². The first-order valence-corrected chi connectivity index (χ1v) is 11.7. The summed E-state index contributed by atoms with van der Waals surface area (Å²) in [6.45, 7) is 10.9. The van der Waals surface area contributed by atoms with Crippen LogP contribution in [0.1, 0.15) is 51.0 Å². The minimum Gasteiger partial charge on any atom is -0.370 e. The summed E-state index contributed by atoms with van der Waals surface area (Å²) >= 11 is 0. The number of anilines is 2. The lowest BCUT2D eigenvalue weighted by Gasteiger charge is -2.32. The van der Waals surface area contributed by atoms with E-state index in [1.165, 1.54) is 37.1 Å². The van der Waals surface area contributed by atoms with E-state index in [9.17, 15) is 4.79 Å². The highest BCUT2D eigenvalue weighted by Crippen LogP contribution is 2.43. The van der Waals surface area contributed by atoms with Gasteiger partial charge in [-0.1, -0.05) is 0 Å². The van der Waals surface area contributed by atoms with E-state index >= 15 is 0 Å². The maximum atomic E-state index is 13.3. The Hall–Kier alpha value is -1.30. The van der Waals surface area contributed by atoms with Gasteiger partial charge in [-0.2, -0.15) is 0 Å². The zero-order valence-electron chi connectivity index (χ0n) is 18.5. The molecule has 5 nitrogen and oxygen atoms in total. The number of carbonyl (C=O) groups is 1. The maximum Gasteiger partial charge on any atom is 0.233 e. The van der Waals surface area contributed by atoms with Crippen molar-refractivity contribution in [1.29, 1.82) is 0 Å². The van der Waals surface area contributed by atoms with Gasteiger partial charge in [0.1, 0.15) is 0 Å². The molecule has 0 bridgehead atoms. The molecule has 1 aromatic carbocycles. The lowest BCUT2D eigenvalue weighted by atomic mass is 9.77. The highest BCUT2D eigenvalue weighted by molar-refractivity contribution is 6.00. The first kappa shape index (κ1) is 21.9. The van der Waals surface area contributed by atoms with Crippen LogP contribution in [0.3, 0.4) is 0 Å². The number of nitrogens with one attached hydrogen (secondary N) is 1. The van der Waals surface area contributed by atoms with Crippen LogP contribution in [0.2, 0.25) is 0 Å². The number of hydrogen-bond acceptors (Lipinski definition) is 4. The Kier molecular flexibility index (Phi) is 6.34. The van der Waals surface area contributed by atoms with Crippen LogP contribution in [-0.4, -0.2) is 62.2 Å². The van der Waals surface area contributed by atoms with Crippen molar-refractivity contribution < 1.29 is 4.79 Å². The molecule has 1 aromatic rings. The second-order valence-electron chi connectivity index (χ2n) is 9.83. The molecule has 0 aromatic heterocycles. The Bertz CT molecular complexity index is 778. The fourth-order valence-electron chi connectivity index (χ4n) is 6.30. The second-order valence-corrected chi connectivity index (χ2v) is 9.83. The Morgan fingerprint density at radius 2 is 1.87 bits per heavy atom. The quantitative estimate of drug-likeness (QED) is 0.792. The van der Waals surface area contributed by atoms with E-state index in [4.69, 9.17) is 0 Å². The fraction of sp³-hybridized carbons (Fsp3) is 0.708. The minimum absolute atomic E-state index is 0. The summed E-state index contributed by atoms with van der Waals surface area (Å²) in [7, 11) is 0. The molecule has 166 valence electrons. The van der Waals surface area contributed by atoms with E-state index in [2.05, 4.69) is 52.1 Å². The van der Waals surface area contributed by atoms with Crippen LogP contribution >= 0.6 is 12.4 Å². The molecule has 1 N–H and O–H groups in total. The zero-order chi connectivity index (χ0) is 20.0. The van der Waals surface area contributed by atoms with Crippen molar-refractivity contribution in [3.05, 3.63) is 23.8 Å². The van der Waals surface area contributed by atoms with Gasteiger partial charge < -0.3 is 15.1 Å². The van der Waals surface area contributed by atoms with Crippen molar-refractivity contribution in [3.8, 4) is 0 Å². The molecule has 0 unspecified atom stereocenters. The number of benzene rings is 1. The van der Waals surface area contributed by atoms with Gasteiger partial charge in [-0.15, -0.1) is 12.4 Å². The first-order valence-electron chi connectivity index (χ1n) is 11.7. The number of aryl methyl sites for hydroxylation is 1. The summed E-state index contributed by atoms with van der Waals surface area (Å²) < 4.78 is 0. The third kappa shape index (κ3) is 3.74. The van der Waals surface area contributed by atoms with Gasteiger partial charge in [-0.3, -0.25) is 9.69 Å². The third-order valence-corrected chi connectivity index (χ3v) is 8.15. The van der Waals surface area contributed by atoms with Gasteiger partial charge in [0.05, 0.1) is 5.41 Å². The zero-order valence-corrected chi connectivity index (χ0v) is 19.3. The van der Waals surface area contributed by atoms with Crippen molar-refractivity contribution >= 4 is 29.7 Å². The lowest BCUT2D eigenvalue weighted by molar-refractivity contribution is -0.126. The van der Waals surface area contributed by atoms with Gasteiger partial charge in [0.15, 0.2) is 0 Å². The predicted molar refractivity (Wildman–Crippen MR) is 126 cm³/mol. The van der Waals surface area contributed by atoms with Gasteiger partial charge in [-0.25, -0.2) is 0 Å². The average Bonchev–Trinajstić information content (AvgIpc) is 3.44. The van der Waals surface area contributed by atoms with Crippen LogP contribution in [0.15, 0.2) is 18.2 Å². The first-order chi connectivity index (χ1) is 14.1. The molecule has 2 atom stereocenters. The molecule has 0 saturated carbocycles. The largest absolute Gasteiger partial charge is 0.370 e. The lowest BCUT2D eigenvalue weighted by Crippen LogP contribution is -2.42. The van der Waals surface area contributed by atoms with Crippen molar-refractivity contribution in [2.75, 3.05) is 49.1 Å². The molecule has 4 heterocycles. The molecule has 6 heteroatoms. The predicted octanol–water partition coefficient (Wildman–Crippen LogP) is 3.59. The number of piperidine rings is 1. The monoisotopic (exact) mass is 432 g/mol. The molecule has 4 saturated heterocycles. The van der Waals surface area contributed by atoms with Crippen LogP contribution in [0, 0.1) is 12.3 Å². The standard InChI is InChI=1S/C24H36N4O.ClH/c1-18-16-20(26-14-7-21(17-26)27-13-3-4-19(27)2)5-6-22(18)28-15-10-24(23(28)29)8-11-25-12-9-24;/h5-6,16,19,21,25H,3-4,7-15,17H2,1-2H3;1H/t19-,21+;/m1./s1. The highest BCUT2D eigenvalue weighted by Gasteiger charge is 2.47. The van der Waals surface area contributed by atoms with Crippen LogP contribution in [-0.2, 0) is 4.79 Å². The summed E-state index contributed by atoms with van der Waals surface area (Å²) in [5.74, 6) is 0.360. The smallest absolute Gasteiger partial charge is 0.233 e. The molecule has 0 aliphatic carbocycles. The topological polar surface area (TPSA) is 38.8 Å². The number of hydrogen-bond donors (Lipinski definition) is 1. The number of halogens is 1. The van der Waals surface area contributed by atoms with Crippen molar-refractivity contribution in [2.45, 2.75) is 64.5 Å². The average molecular weight is 433 g/mol. The Labute approximate surface area is 187 Å². The molecule has 5 rings (SSSR count). The maximum absolute atomic E-state index is 13.3. The molecule has 1 amide bonds. The van der Waals surface area contributed by atoms with Gasteiger partial charge in [0.2, 0.25) is 5.91 Å². The van der Waals surface area contributed by atoms with Crippen LogP contribution in [0.25, 0.3) is 0 Å². The summed E-state index contributed by atoms with van der Waals surface area (Å²) in [5, 5.41) is 3.41. The van der Waals surface area contributed by atoms with E-state index in [0.717, 1.165) is 63.7 Å². The van der Waals surface area contributed by atoms with E-state index in [0.29, 0.717) is 11.9 Å². The molecule has 4 fully saturated rings. The number of amides is 1. The SMILES string of the molecule is Cc1cc(N2CC[C@H](N3CCC[C@H]3C)C2)ccc1N1CCC2(CCNCC2)C1=O.Cl. The van der Waals surface area contributed by atoms with Crippen molar-refractivity contribution in [3.63, 3.8) is 0 Å². The second kappa shape index (κ2) is 8.68. The van der Waals surface area contributed by atoms with Gasteiger partial charge >= 0.3 is 0 Å². The number of likely N-dealkylation sites (tertiary alicyclic amines) is 1. The summed E-state index contributed by atoms with van der Waals surface area (Å²) in [6, 6.07) is 8.21. The number of carbonyl (C=O) groups excluding carboxylic acids is 1. The number of nitrogens with zero attached hydrogens (tertiary/aromatic N) is 3. The molecule has 4 aliphatic heterocycles. The van der Waals surface area contributed by atoms with E-state index in [1.54, 1.807) is 0 Å². The van der Waals surface area contributed by atoms with Crippen LogP contribution < -0.4 is 15.1 Å². The van der Waals surface area contributed by atoms with E-state index < -0.39 is 0 Å². The molecule has 30 heavy (non-hydrogen) atoms. The van der Waals surface area contributed by atoms with E-state index in [-0.39, 0.29) is 17.8 Å². The summed E-state index contributed by atoms with van der Waals surface area (Å²) in [5.41, 5.74) is 3.58. The fourth-order valence-corrected chi connectivity index (χ4v) is 6.30. The third-order valence-electron chi connectivity index (χ3n) is 8.15. The van der Waals surface area contributed by atoms with Gasteiger partial charge in [0, 0.05) is 43.1 Å². The summed E-state index contributed by atoms with van der Waals surface area (Å²) in [6.07, 6.45) is 6.97. The Morgan fingerprint density at radius 1 is 1.07 bits per heavy atom. The Morgan fingerprint density at radius 3 is 2.57 bits per heavy atom. The minimum atomic E-state index is -0.106.